The number of carbonyl (C=O) groups excluding carboxylic acids is 1. The maximum atomic E-state index is 12.4. The number of carbonyl (C=O) groups is 1. The van der Waals surface area contributed by atoms with Gasteiger partial charge < -0.3 is 19.2 Å². The minimum Gasteiger partial charge on any atom is -0.497 e. The highest BCUT2D eigenvalue weighted by Gasteiger charge is 2.22. The summed E-state index contributed by atoms with van der Waals surface area (Å²) in [7, 11) is 1.67. The number of amides is 1. The maximum Gasteiger partial charge on any atom is 0.273 e. The number of nitrogens with zero attached hydrogens (tertiary/aromatic N) is 2. The molecule has 164 valence electrons. The van der Waals surface area contributed by atoms with Gasteiger partial charge in [-0.05, 0) is 43.4 Å². The fourth-order valence-corrected chi connectivity index (χ4v) is 3.53. The summed E-state index contributed by atoms with van der Waals surface area (Å²) in [5.41, 5.74) is 1.46. The third-order valence-electron chi connectivity index (χ3n) is 5.70. The van der Waals surface area contributed by atoms with Gasteiger partial charge in [-0.2, -0.15) is 0 Å². The molecular formula is C23H33N3O4. The Morgan fingerprint density at radius 2 is 2.17 bits per heavy atom. The predicted octanol–water partition coefficient (Wildman–Crippen LogP) is 3.64. The predicted molar refractivity (Wildman–Crippen MR) is 114 cm³/mol. The number of nitrogens with one attached hydrogen (secondary N) is 1. The number of oxazole rings is 1. The number of aromatic nitrogens is 1. The van der Waals surface area contributed by atoms with Gasteiger partial charge in [0.2, 0.25) is 5.89 Å². The summed E-state index contributed by atoms with van der Waals surface area (Å²) in [4.78, 5) is 19.1. The molecule has 3 rings (SSSR count). The molecule has 7 nitrogen and oxygen atoms in total. The Kier molecular flexibility index (Phi) is 7.87. The second-order valence-electron chi connectivity index (χ2n) is 8.21. The standard InChI is InChI=1S/C23H33N3O4/c1-16(2)17(3)26(13-18-7-5-8-19(11-18)28-4)14-22-25-21(15-30-22)23(27)24-12-20-9-6-10-29-20/h5,7-8,11,15-17,20H,6,9-10,12-14H2,1-4H3,(H,24,27). The Bertz CT molecular complexity index is 814. The van der Waals surface area contributed by atoms with Gasteiger partial charge in [-0.1, -0.05) is 26.0 Å². The molecule has 0 spiro atoms. The lowest BCUT2D eigenvalue weighted by Crippen LogP contribution is -2.36. The van der Waals surface area contributed by atoms with Crippen molar-refractivity contribution in [1.82, 2.24) is 15.2 Å². The van der Waals surface area contributed by atoms with Crippen LogP contribution in [-0.2, 0) is 17.8 Å². The van der Waals surface area contributed by atoms with E-state index in [2.05, 4.69) is 42.0 Å². The molecular weight excluding hydrogens is 382 g/mol. The summed E-state index contributed by atoms with van der Waals surface area (Å²) in [6.45, 7) is 9.13. The van der Waals surface area contributed by atoms with Gasteiger partial charge in [0, 0.05) is 25.7 Å². The topological polar surface area (TPSA) is 76.8 Å². The maximum absolute atomic E-state index is 12.4. The third kappa shape index (κ3) is 6.06. The van der Waals surface area contributed by atoms with Crippen LogP contribution in [0, 0.1) is 5.92 Å². The minimum atomic E-state index is -0.225. The van der Waals surface area contributed by atoms with Gasteiger partial charge in [0.15, 0.2) is 5.69 Å². The summed E-state index contributed by atoms with van der Waals surface area (Å²) in [6.07, 6.45) is 3.57. The number of methoxy groups -OCH3 is 1. The van der Waals surface area contributed by atoms with E-state index in [1.807, 2.05) is 18.2 Å². The van der Waals surface area contributed by atoms with E-state index < -0.39 is 0 Å². The van der Waals surface area contributed by atoms with Crippen LogP contribution in [-0.4, -0.2) is 48.2 Å². The molecule has 2 unspecified atom stereocenters. The van der Waals surface area contributed by atoms with E-state index in [4.69, 9.17) is 13.9 Å². The molecule has 0 aliphatic carbocycles. The second-order valence-corrected chi connectivity index (χ2v) is 8.21. The lowest BCUT2D eigenvalue weighted by Gasteiger charge is -2.30. The van der Waals surface area contributed by atoms with E-state index >= 15 is 0 Å². The first kappa shape index (κ1) is 22.3. The molecule has 0 bridgehead atoms. The third-order valence-corrected chi connectivity index (χ3v) is 5.70. The van der Waals surface area contributed by atoms with Crippen LogP contribution in [0.3, 0.4) is 0 Å². The molecule has 1 aliphatic heterocycles. The largest absolute Gasteiger partial charge is 0.497 e. The SMILES string of the molecule is COc1cccc(CN(Cc2nc(C(=O)NCC3CCCO3)co2)C(C)C(C)C)c1. The van der Waals surface area contributed by atoms with Gasteiger partial charge >= 0.3 is 0 Å². The van der Waals surface area contributed by atoms with Gasteiger partial charge in [-0.3, -0.25) is 9.69 Å². The normalized spacial score (nSPS) is 17.5. The van der Waals surface area contributed by atoms with Crippen molar-refractivity contribution in [3.8, 4) is 5.75 Å². The van der Waals surface area contributed by atoms with E-state index in [1.165, 1.54) is 6.26 Å². The van der Waals surface area contributed by atoms with E-state index in [9.17, 15) is 4.79 Å². The average Bonchev–Trinajstić information content (AvgIpc) is 3.43. The second kappa shape index (κ2) is 10.6. The first-order valence-electron chi connectivity index (χ1n) is 10.7. The smallest absolute Gasteiger partial charge is 0.273 e. The molecule has 2 heterocycles. The molecule has 1 aliphatic rings. The Hall–Kier alpha value is -2.38. The molecule has 1 N–H and O–H groups in total. The number of ether oxygens (including phenoxy) is 2. The Morgan fingerprint density at radius 1 is 1.33 bits per heavy atom. The van der Waals surface area contributed by atoms with Crippen molar-refractivity contribution in [3.05, 3.63) is 47.7 Å². The van der Waals surface area contributed by atoms with Gasteiger partial charge in [0.05, 0.1) is 19.8 Å². The number of hydrogen-bond acceptors (Lipinski definition) is 6. The summed E-state index contributed by atoms with van der Waals surface area (Å²) < 4.78 is 16.5. The number of hydrogen-bond donors (Lipinski definition) is 1. The highest BCUT2D eigenvalue weighted by molar-refractivity contribution is 5.91. The van der Waals surface area contributed by atoms with Crippen LogP contribution < -0.4 is 10.1 Å². The zero-order valence-electron chi connectivity index (χ0n) is 18.4. The van der Waals surface area contributed by atoms with Crippen molar-refractivity contribution in [1.29, 1.82) is 0 Å². The van der Waals surface area contributed by atoms with E-state index in [1.54, 1.807) is 7.11 Å². The fraction of sp³-hybridized carbons (Fsp3) is 0.565. The van der Waals surface area contributed by atoms with Crippen molar-refractivity contribution < 1.29 is 18.7 Å². The Labute approximate surface area is 178 Å². The summed E-state index contributed by atoms with van der Waals surface area (Å²) >= 11 is 0. The number of benzene rings is 1. The molecule has 1 aromatic carbocycles. The van der Waals surface area contributed by atoms with Gasteiger partial charge in [0.25, 0.3) is 5.91 Å². The highest BCUT2D eigenvalue weighted by Crippen LogP contribution is 2.20. The van der Waals surface area contributed by atoms with Crippen LogP contribution in [0.2, 0.25) is 0 Å². The van der Waals surface area contributed by atoms with Crippen molar-refractivity contribution in [2.45, 2.75) is 58.8 Å². The average molecular weight is 416 g/mol. The first-order chi connectivity index (χ1) is 14.5. The molecule has 2 aromatic rings. The molecule has 7 heteroatoms. The van der Waals surface area contributed by atoms with Crippen molar-refractivity contribution in [2.75, 3.05) is 20.3 Å². The quantitative estimate of drug-likeness (QED) is 0.638. The molecule has 1 fully saturated rings. The van der Waals surface area contributed by atoms with Crippen LogP contribution in [0.1, 0.15) is 55.6 Å². The molecule has 1 aromatic heterocycles. The highest BCUT2D eigenvalue weighted by atomic mass is 16.5. The van der Waals surface area contributed by atoms with Crippen molar-refractivity contribution in [2.24, 2.45) is 5.92 Å². The Balaban J connectivity index is 1.64. The lowest BCUT2D eigenvalue weighted by molar-refractivity contribution is 0.0853. The van der Waals surface area contributed by atoms with E-state index in [-0.39, 0.29) is 12.0 Å². The lowest BCUT2D eigenvalue weighted by atomic mass is 10.0. The molecule has 30 heavy (non-hydrogen) atoms. The monoisotopic (exact) mass is 415 g/mol. The Morgan fingerprint density at radius 3 is 2.87 bits per heavy atom. The van der Waals surface area contributed by atoms with Gasteiger partial charge in [-0.25, -0.2) is 4.98 Å². The molecule has 2 atom stereocenters. The van der Waals surface area contributed by atoms with Crippen molar-refractivity contribution in [3.63, 3.8) is 0 Å². The zero-order valence-corrected chi connectivity index (χ0v) is 18.4. The van der Waals surface area contributed by atoms with Crippen LogP contribution in [0.25, 0.3) is 0 Å². The van der Waals surface area contributed by atoms with Crippen LogP contribution in [0.4, 0.5) is 0 Å². The van der Waals surface area contributed by atoms with Crippen LogP contribution in [0.5, 0.6) is 5.75 Å². The molecule has 0 saturated carbocycles. The fourth-order valence-electron chi connectivity index (χ4n) is 3.53. The summed E-state index contributed by atoms with van der Waals surface area (Å²) in [5, 5.41) is 2.89. The van der Waals surface area contributed by atoms with Crippen LogP contribution >= 0.6 is 0 Å². The van der Waals surface area contributed by atoms with E-state index in [0.29, 0.717) is 36.6 Å². The van der Waals surface area contributed by atoms with Crippen LogP contribution in [0.15, 0.2) is 34.9 Å². The summed E-state index contributed by atoms with van der Waals surface area (Å²) in [5.74, 6) is 1.61. The number of rotatable bonds is 10. The molecule has 1 amide bonds. The van der Waals surface area contributed by atoms with Gasteiger partial charge in [-0.15, -0.1) is 0 Å². The molecule has 1 saturated heterocycles. The minimum absolute atomic E-state index is 0.102. The van der Waals surface area contributed by atoms with Gasteiger partial charge in [0.1, 0.15) is 12.0 Å². The molecule has 0 radical (unpaired) electrons. The zero-order chi connectivity index (χ0) is 21.5. The van der Waals surface area contributed by atoms with E-state index in [0.717, 1.165) is 37.3 Å². The van der Waals surface area contributed by atoms with Crippen molar-refractivity contribution >= 4 is 5.91 Å². The summed E-state index contributed by atoms with van der Waals surface area (Å²) in [6, 6.07) is 8.37. The first-order valence-corrected chi connectivity index (χ1v) is 10.7.